The molecule has 1 aromatic carbocycles. The summed E-state index contributed by atoms with van der Waals surface area (Å²) in [7, 11) is 0. The van der Waals surface area contributed by atoms with Crippen molar-refractivity contribution >= 4 is 5.97 Å². The Bertz CT molecular complexity index is 450. The van der Waals surface area contributed by atoms with Gasteiger partial charge in [0, 0.05) is 0 Å². The second-order valence-electron chi connectivity index (χ2n) is 5.59. The van der Waals surface area contributed by atoms with Crippen LogP contribution in [0.4, 0.5) is 0 Å². The summed E-state index contributed by atoms with van der Waals surface area (Å²) in [6.45, 7) is 6.91. The Hall–Kier alpha value is -1.55. The van der Waals surface area contributed by atoms with Gasteiger partial charge in [0.2, 0.25) is 0 Å². The molecule has 1 unspecified atom stereocenters. The first-order valence-corrected chi connectivity index (χ1v) is 7.08. The molecule has 4 heteroatoms. The molecular weight excluding hydrogens is 256 g/mol. The second-order valence-corrected chi connectivity index (χ2v) is 5.59. The molecule has 1 aromatic rings. The minimum absolute atomic E-state index is 0.0399. The maximum atomic E-state index is 11.5. The van der Waals surface area contributed by atoms with Gasteiger partial charge in [-0.1, -0.05) is 0 Å². The van der Waals surface area contributed by atoms with Gasteiger partial charge in [0.1, 0.15) is 12.4 Å². The van der Waals surface area contributed by atoms with Gasteiger partial charge in [-0.25, -0.2) is 4.79 Å². The fourth-order valence-electron chi connectivity index (χ4n) is 2.29. The lowest BCUT2D eigenvalue weighted by Crippen LogP contribution is -2.23. The quantitative estimate of drug-likeness (QED) is 0.776. The zero-order valence-electron chi connectivity index (χ0n) is 12.3. The lowest BCUT2D eigenvalue weighted by atomic mass is 10.1. The maximum Gasteiger partial charge on any atom is 0.338 e. The average molecular weight is 278 g/mol. The van der Waals surface area contributed by atoms with E-state index in [0.29, 0.717) is 18.8 Å². The third-order valence-corrected chi connectivity index (χ3v) is 3.36. The van der Waals surface area contributed by atoms with Gasteiger partial charge in [-0.15, -0.1) is 0 Å². The van der Waals surface area contributed by atoms with Crippen LogP contribution in [0.5, 0.6) is 5.75 Å². The first kappa shape index (κ1) is 14.9. The third-order valence-electron chi connectivity index (χ3n) is 3.36. The summed E-state index contributed by atoms with van der Waals surface area (Å²) in [4.78, 5) is 11.5. The molecule has 4 nitrogen and oxygen atoms in total. The van der Waals surface area contributed by atoms with Crippen molar-refractivity contribution in [1.82, 2.24) is 0 Å². The topological polar surface area (TPSA) is 44.8 Å². The molecule has 0 N–H and O–H groups in total. The van der Waals surface area contributed by atoms with Crippen LogP contribution in [0, 0.1) is 0 Å². The largest absolute Gasteiger partial charge is 0.491 e. The van der Waals surface area contributed by atoms with Gasteiger partial charge in [-0.2, -0.15) is 0 Å². The van der Waals surface area contributed by atoms with Crippen molar-refractivity contribution in [2.24, 2.45) is 0 Å². The van der Waals surface area contributed by atoms with E-state index in [-0.39, 0.29) is 17.7 Å². The Morgan fingerprint density at radius 3 is 2.60 bits per heavy atom. The highest BCUT2D eigenvalue weighted by molar-refractivity contribution is 5.89. The normalized spacial score (nSPS) is 20.6. The highest BCUT2D eigenvalue weighted by atomic mass is 16.6. The number of benzene rings is 1. The summed E-state index contributed by atoms with van der Waals surface area (Å²) in [5.74, 6) is 0.436. The van der Waals surface area contributed by atoms with E-state index in [1.807, 2.05) is 0 Å². The number of ether oxygens (including phenoxy) is 3. The SMILES string of the molecule is CCOC(=O)c1ccc(OCC2CCC(C)(C)O2)cc1. The van der Waals surface area contributed by atoms with Gasteiger partial charge < -0.3 is 14.2 Å². The van der Waals surface area contributed by atoms with Crippen molar-refractivity contribution in [3.8, 4) is 5.75 Å². The fourth-order valence-corrected chi connectivity index (χ4v) is 2.29. The highest BCUT2D eigenvalue weighted by Gasteiger charge is 2.31. The van der Waals surface area contributed by atoms with Crippen molar-refractivity contribution < 1.29 is 19.0 Å². The maximum absolute atomic E-state index is 11.5. The van der Waals surface area contributed by atoms with E-state index in [2.05, 4.69) is 13.8 Å². The average Bonchev–Trinajstić information content (AvgIpc) is 2.77. The van der Waals surface area contributed by atoms with Crippen LogP contribution in [0.15, 0.2) is 24.3 Å². The molecule has 0 spiro atoms. The van der Waals surface area contributed by atoms with Crippen LogP contribution in [0.3, 0.4) is 0 Å². The molecule has 0 aliphatic carbocycles. The van der Waals surface area contributed by atoms with Gasteiger partial charge in [0.15, 0.2) is 0 Å². The number of hydrogen-bond acceptors (Lipinski definition) is 4. The number of rotatable bonds is 5. The molecule has 0 bridgehead atoms. The minimum Gasteiger partial charge on any atom is -0.491 e. The van der Waals surface area contributed by atoms with Gasteiger partial charge in [-0.3, -0.25) is 0 Å². The van der Waals surface area contributed by atoms with E-state index in [1.165, 1.54) is 0 Å². The monoisotopic (exact) mass is 278 g/mol. The van der Waals surface area contributed by atoms with E-state index in [0.717, 1.165) is 18.6 Å². The predicted molar refractivity (Wildman–Crippen MR) is 76.1 cm³/mol. The Morgan fingerprint density at radius 1 is 1.35 bits per heavy atom. The van der Waals surface area contributed by atoms with Crippen molar-refractivity contribution in [2.45, 2.75) is 45.3 Å². The summed E-state index contributed by atoms with van der Waals surface area (Å²) in [5.41, 5.74) is 0.499. The zero-order chi connectivity index (χ0) is 14.6. The fraction of sp³-hybridized carbons (Fsp3) is 0.562. The van der Waals surface area contributed by atoms with Crippen LogP contribution in [0.1, 0.15) is 44.0 Å². The summed E-state index contributed by atoms with van der Waals surface area (Å²) in [5, 5.41) is 0. The summed E-state index contributed by atoms with van der Waals surface area (Å²) in [6.07, 6.45) is 2.23. The Balaban J connectivity index is 1.84. The molecule has 0 saturated carbocycles. The molecule has 110 valence electrons. The smallest absolute Gasteiger partial charge is 0.338 e. The Morgan fingerprint density at radius 2 is 2.05 bits per heavy atom. The Kier molecular flexibility index (Phi) is 4.65. The summed E-state index contributed by atoms with van der Waals surface area (Å²) < 4.78 is 16.5. The number of carbonyl (C=O) groups excluding carboxylic acids is 1. The molecule has 20 heavy (non-hydrogen) atoms. The molecule has 2 rings (SSSR count). The van der Waals surface area contributed by atoms with Crippen LogP contribution in [0.25, 0.3) is 0 Å². The standard InChI is InChI=1S/C16H22O4/c1-4-18-15(17)12-5-7-13(8-6-12)19-11-14-9-10-16(2,3)20-14/h5-8,14H,4,9-11H2,1-3H3. The minimum atomic E-state index is -0.306. The number of carbonyl (C=O) groups is 1. The molecule has 1 fully saturated rings. The first-order chi connectivity index (χ1) is 9.50. The van der Waals surface area contributed by atoms with Crippen LogP contribution in [-0.4, -0.2) is 30.9 Å². The Labute approximate surface area is 120 Å². The van der Waals surface area contributed by atoms with Gasteiger partial charge in [0.25, 0.3) is 0 Å². The summed E-state index contributed by atoms with van der Waals surface area (Å²) >= 11 is 0. The van der Waals surface area contributed by atoms with E-state index in [9.17, 15) is 4.79 Å². The lowest BCUT2D eigenvalue weighted by Gasteiger charge is -2.19. The van der Waals surface area contributed by atoms with Gasteiger partial charge in [0.05, 0.1) is 23.9 Å². The second kappa shape index (κ2) is 6.27. The van der Waals surface area contributed by atoms with E-state index < -0.39 is 0 Å². The molecule has 1 atom stereocenters. The van der Waals surface area contributed by atoms with E-state index >= 15 is 0 Å². The van der Waals surface area contributed by atoms with Crippen LogP contribution in [-0.2, 0) is 9.47 Å². The van der Waals surface area contributed by atoms with Crippen molar-refractivity contribution in [2.75, 3.05) is 13.2 Å². The molecule has 0 aromatic heterocycles. The van der Waals surface area contributed by atoms with E-state index in [1.54, 1.807) is 31.2 Å². The summed E-state index contributed by atoms with van der Waals surface area (Å²) in [6, 6.07) is 7.00. The molecule has 1 aliphatic rings. The number of esters is 1. The number of hydrogen-bond donors (Lipinski definition) is 0. The molecule has 1 heterocycles. The van der Waals surface area contributed by atoms with Crippen molar-refractivity contribution in [3.63, 3.8) is 0 Å². The molecule has 0 amide bonds. The van der Waals surface area contributed by atoms with Crippen molar-refractivity contribution in [3.05, 3.63) is 29.8 Å². The third kappa shape index (κ3) is 3.97. The van der Waals surface area contributed by atoms with Crippen LogP contribution >= 0.6 is 0 Å². The molecule has 0 radical (unpaired) electrons. The van der Waals surface area contributed by atoms with Crippen LogP contribution < -0.4 is 4.74 Å². The van der Waals surface area contributed by atoms with Crippen LogP contribution in [0.2, 0.25) is 0 Å². The molecule has 1 saturated heterocycles. The van der Waals surface area contributed by atoms with Crippen molar-refractivity contribution in [1.29, 1.82) is 0 Å². The predicted octanol–water partition coefficient (Wildman–Crippen LogP) is 3.20. The van der Waals surface area contributed by atoms with Gasteiger partial charge >= 0.3 is 5.97 Å². The zero-order valence-corrected chi connectivity index (χ0v) is 12.3. The first-order valence-electron chi connectivity index (χ1n) is 7.08. The van der Waals surface area contributed by atoms with E-state index in [4.69, 9.17) is 14.2 Å². The van der Waals surface area contributed by atoms with Gasteiger partial charge in [-0.05, 0) is 57.9 Å². The molecule has 1 aliphatic heterocycles. The lowest BCUT2D eigenvalue weighted by molar-refractivity contribution is -0.0326. The highest BCUT2D eigenvalue weighted by Crippen LogP contribution is 2.29. The molecular formula is C16H22O4.